The molecule has 104 valence electrons. The van der Waals surface area contributed by atoms with Gasteiger partial charge in [-0.05, 0) is 41.7 Å². The van der Waals surface area contributed by atoms with E-state index < -0.39 is 5.97 Å². The van der Waals surface area contributed by atoms with Crippen molar-refractivity contribution in [3.8, 4) is 0 Å². The van der Waals surface area contributed by atoms with Gasteiger partial charge in [0.05, 0.1) is 0 Å². The summed E-state index contributed by atoms with van der Waals surface area (Å²) in [6.07, 6.45) is 8.42. The number of unbranched alkanes of at least 4 members (excludes halogenated alkanes) is 3. The van der Waals surface area contributed by atoms with Crippen molar-refractivity contribution in [3.63, 3.8) is 0 Å². The number of carbonyl (C=O) groups is 1. The van der Waals surface area contributed by atoms with Gasteiger partial charge in [0.2, 0.25) is 0 Å². The molecule has 2 rings (SSSR count). The van der Waals surface area contributed by atoms with Crippen LogP contribution in [0.25, 0.3) is 16.8 Å². The van der Waals surface area contributed by atoms with E-state index in [2.05, 4.69) is 54.6 Å². The molecule has 0 amide bonds. The van der Waals surface area contributed by atoms with E-state index in [1.807, 2.05) is 0 Å². The Balaban J connectivity index is 1.79. The van der Waals surface area contributed by atoms with Crippen molar-refractivity contribution in [3.05, 3.63) is 54.1 Å². The molecule has 0 aromatic heterocycles. The summed E-state index contributed by atoms with van der Waals surface area (Å²) in [6.45, 7) is 0. The maximum atomic E-state index is 10.4. The number of hydrogen-bond acceptors (Lipinski definition) is 1. The first kappa shape index (κ1) is 14.3. The highest BCUT2D eigenvalue weighted by atomic mass is 16.4. The molecular formula is C18H20O2. The summed E-state index contributed by atoms with van der Waals surface area (Å²) in [4.78, 5) is 10.4. The SMILES string of the molecule is O=C(O)CCCCC/C=C/c1ccc2ccccc2c1. The Kier molecular flexibility index (Phi) is 5.36. The number of hydrogen-bond donors (Lipinski definition) is 1. The van der Waals surface area contributed by atoms with Gasteiger partial charge in [0, 0.05) is 6.42 Å². The third-order valence-electron chi connectivity index (χ3n) is 3.35. The molecule has 0 aliphatic heterocycles. The summed E-state index contributed by atoms with van der Waals surface area (Å²) in [5.41, 5.74) is 1.22. The Morgan fingerprint density at radius 1 is 1.00 bits per heavy atom. The first-order valence-corrected chi connectivity index (χ1v) is 7.13. The van der Waals surface area contributed by atoms with E-state index in [1.54, 1.807) is 0 Å². The Hall–Kier alpha value is -2.09. The second-order valence-electron chi connectivity index (χ2n) is 5.00. The Morgan fingerprint density at radius 2 is 1.80 bits per heavy atom. The quantitative estimate of drug-likeness (QED) is 0.726. The second-order valence-corrected chi connectivity index (χ2v) is 5.00. The molecule has 0 unspecified atom stereocenters. The molecule has 0 saturated carbocycles. The van der Waals surface area contributed by atoms with Crippen molar-refractivity contribution in [1.29, 1.82) is 0 Å². The topological polar surface area (TPSA) is 37.3 Å². The third-order valence-corrected chi connectivity index (χ3v) is 3.35. The predicted molar refractivity (Wildman–Crippen MR) is 83.7 cm³/mol. The van der Waals surface area contributed by atoms with Crippen LogP contribution < -0.4 is 0 Å². The molecule has 2 heteroatoms. The molecule has 0 aliphatic carbocycles. The first-order chi connectivity index (χ1) is 9.75. The van der Waals surface area contributed by atoms with Crippen molar-refractivity contribution in [2.45, 2.75) is 32.1 Å². The van der Waals surface area contributed by atoms with Crippen LogP contribution in [0.3, 0.4) is 0 Å². The smallest absolute Gasteiger partial charge is 0.303 e. The van der Waals surface area contributed by atoms with Crippen molar-refractivity contribution >= 4 is 22.8 Å². The minimum Gasteiger partial charge on any atom is -0.481 e. The van der Waals surface area contributed by atoms with E-state index in [9.17, 15) is 4.79 Å². The van der Waals surface area contributed by atoms with Crippen LogP contribution >= 0.6 is 0 Å². The lowest BCUT2D eigenvalue weighted by atomic mass is 10.1. The summed E-state index contributed by atoms with van der Waals surface area (Å²) < 4.78 is 0. The van der Waals surface area contributed by atoms with Crippen LogP contribution in [0.4, 0.5) is 0 Å². The lowest BCUT2D eigenvalue weighted by Gasteiger charge is -1.99. The van der Waals surface area contributed by atoms with Crippen molar-refractivity contribution < 1.29 is 9.90 Å². The molecule has 0 spiro atoms. The highest BCUT2D eigenvalue weighted by Gasteiger charge is 1.95. The number of aliphatic carboxylic acids is 1. The number of fused-ring (bicyclic) bond motifs is 1. The van der Waals surface area contributed by atoms with E-state index in [4.69, 9.17) is 5.11 Å². The van der Waals surface area contributed by atoms with Crippen LogP contribution in [-0.2, 0) is 4.79 Å². The van der Waals surface area contributed by atoms with Crippen LogP contribution in [0.15, 0.2) is 48.5 Å². The summed E-state index contributed by atoms with van der Waals surface area (Å²) in [7, 11) is 0. The van der Waals surface area contributed by atoms with E-state index in [-0.39, 0.29) is 6.42 Å². The van der Waals surface area contributed by atoms with Crippen molar-refractivity contribution in [2.24, 2.45) is 0 Å². The summed E-state index contributed by atoms with van der Waals surface area (Å²) in [5, 5.41) is 11.1. The van der Waals surface area contributed by atoms with Crippen LogP contribution in [0.2, 0.25) is 0 Å². The number of carboxylic acids is 1. The zero-order valence-corrected chi connectivity index (χ0v) is 11.6. The zero-order valence-electron chi connectivity index (χ0n) is 11.6. The Morgan fingerprint density at radius 3 is 2.60 bits per heavy atom. The molecule has 0 atom stereocenters. The minimum absolute atomic E-state index is 0.286. The van der Waals surface area contributed by atoms with Gasteiger partial charge in [0.1, 0.15) is 0 Å². The zero-order chi connectivity index (χ0) is 14.2. The van der Waals surface area contributed by atoms with E-state index in [0.29, 0.717) is 0 Å². The molecule has 0 radical (unpaired) electrons. The second kappa shape index (κ2) is 7.49. The molecule has 1 N–H and O–H groups in total. The minimum atomic E-state index is -0.697. The highest BCUT2D eigenvalue weighted by Crippen LogP contribution is 2.16. The average Bonchev–Trinajstić information content (AvgIpc) is 2.46. The molecule has 2 aromatic rings. The van der Waals surface area contributed by atoms with Gasteiger partial charge < -0.3 is 5.11 Å². The van der Waals surface area contributed by atoms with Crippen LogP contribution in [-0.4, -0.2) is 11.1 Å². The molecule has 0 saturated heterocycles. The fourth-order valence-corrected chi connectivity index (χ4v) is 2.25. The van der Waals surface area contributed by atoms with E-state index in [0.717, 1.165) is 25.7 Å². The van der Waals surface area contributed by atoms with Gasteiger partial charge in [-0.25, -0.2) is 0 Å². The van der Waals surface area contributed by atoms with Crippen LogP contribution in [0, 0.1) is 0 Å². The molecule has 2 aromatic carbocycles. The molecule has 0 fully saturated rings. The number of rotatable bonds is 7. The number of benzene rings is 2. The van der Waals surface area contributed by atoms with Gasteiger partial charge in [-0.3, -0.25) is 4.79 Å². The third kappa shape index (κ3) is 4.54. The summed E-state index contributed by atoms with van der Waals surface area (Å²) >= 11 is 0. The van der Waals surface area contributed by atoms with E-state index in [1.165, 1.54) is 16.3 Å². The van der Waals surface area contributed by atoms with Crippen molar-refractivity contribution in [2.75, 3.05) is 0 Å². The normalized spacial score (nSPS) is 11.2. The Labute approximate surface area is 119 Å². The van der Waals surface area contributed by atoms with Crippen molar-refractivity contribution in [1.82, 2.24) is 0 Å². The van der Waals surface area contributed by atoms with Gasteiger partial charge in [-0.2, -0.15) is 0 Å². The van der Waals surface area contributed by atoms with Crippen LogP contribution in [0.5, 0.6) is 0 Å². The number of carboxylic acid groups (broad SMARTS) is 1. The average molecular weight is 268 g/mol. The molecule has 0 heterocycles. The lowest BCUT2D eigenvalue weighted by Crippen LogP contribution is -1.93. The maximum absolute atomic E-state index is 10.4. The van der Waals surface area contributed by atoms with Gasteiger partial charge in [0.25, 0.3) is 0 Å². The van der Waals surface area contributed by atoms with Gasteiger partial charge in [-0.1, -0.05) is 55.0 Å². The van der Waals surface area contributed by atoms with Gasteiger partial charge in [0.15, 0.2) is 0 Å². The monoisotopic (exact) mass is 268 g/mol. The summed E-state index contributed by atoms with van der Waals surface area (Å²) in [6, 6.07) is 14.8. The predicted octanol–water partition coefficient (Wildman–Crippen LogP) is 4.89. The van der Waals surface area contributed by atoms with Gasteiger partial charge in [-0.15, -0.1) is 0 Å². The van der Waals surface area contributed by atoms with Gasteiger partial charge >= 0.3 is 5.97 Å². The fourth-order valence-electron chi connectivity index (χ4n) is 2.25. The summed E-state index contributed by atoms with van der Waals surface area (Å²) in [5.74, 6) is -0.697. The van der Waals surface area contributed by atoms with E-state index >= 15 is 0 Å². The first-order valence-electron chi connectivity index (χ1n) is 7.13. The largest absolute Gasteiger partial charge is 0.481 e. The molecule has 0 bridgehead atoms. The molecule has 2 nitrogen and oxygen atoms in total. The molecular weight excluding hydrogens is 248 g/mol. The standard InChI is InChI=1S/C18H20O2/c19-18(20)11-5-3-1-2-4-8-15-12-13-16-9-6-7-10-17(16)14-15/h4,6-10,12-14H,1-3,5,11H2,(H,19,20)/b8-4+. The lowest BCUT2D eigenvalue weighted by molar-refractivity contribution is -0.137. The Bertz CT molecular complexity index is 599. The molecule has 20 heavy (non-hydrogen) atoms. The highest BCUT2D eigenvalue weighted by molar-refractivity contribution is 5.84. The molecule has 0 aliphatic rings. The fraction of sp³-hybridized carbons (Fsp3) is 0.278. The number of allylic oxidation sites excluding steroid dienone is 1. The maximum Gasteiger partial charge on any atom is 0.303 e. The van der Waals surface area contributed by atoms with Crippen LogP contribution in [0.1, 0.15) is 37.7 Å².